The topological polar surface area (TPSA) is 55.4 Å². The van der Waals surface area contributed by atoms with E-state index in [2.05, 4.69) is 24.0 Å². The Morgan fingerprint density at radius 2 is 1.56 bits per heavy atom. The lowest BCUT2D eigenvalue weighted by Crippen LogP contribution is -2.11. The van der Waals surface area contributed by atoms with Crippen molar-refractivity contribution >= 4 is 24.8 Å². The van der Waals surface area contributed by atoms with Crippen molar-refractivity contribution in [1.29, 1.82) is 0 Å². The van der Waals surface area contributed by atoms with E-state index in [1.54, 1.807) is 12.1 Å². The zero-order valence-electron chi connectivity index (χ0n) is 21.0. The quantitative estimate of drug-likeness (QED) is 0.365. The summed E-state index contributed by atoms with van der Waals surface area (Å²) in [4.78, 5) is 16.0. The van der Waals surface area contributed by atoms with Gasteiger partial charge in [0, 0.05) is 17.8 Å². The number of hydrogen-bond donors (Lipinski definition) is 1. The first-order chi connectivity index (χ1) is 17.2. The molecule has 0 aliphatic heterocycles. The molecule has 0 amide bonds. The molecule has 0 saturated carbocycles. The summed E-state index contributed by atoms with van der Waals surface area (Å²) >= 11 is 0. The first kappa shape index (κ1) is 32.1. The predicted octanol–water partition coefficient (Wildman–Crippen LogP) is 7.46. The number of allylic oxidation sites excluding steroid dienone is 1. The smallest absolute Gasteiger partial charge is 0.393 e. The van der Waals surface area contributed by atoms with Crippen LogP contribution in [0, 0.1) is 6.92 Å². The molecule has 0 aliphatic rings. The van der Waals surface area contributed by atoms with Gasteiger partial charge in [-0.1, -0.05) is 66.7 Å². The summed E-state index contributed by atoms with van der Waals surface area (Å²) in [5.74, 6) is 0.798. The van der Waals surface area contributed by atoms with Gasteiger partial charge in [-0.3, -0.25) is 0 Å². The maximum absolute atomic E-state index is 12.5. The van der Waals surface area contributed by atoms with Crippen molar-refractivity contribution in [2.45, 2.75) is 39.9 Å². The van der Waals surface area contributed by atoms with E-state index in [1.165, 1.54) is 17.7 Å². The number of halogens is 3. The van der Waals surface area contributed by atoms with Gasteiger partial charge in [-0.25, -0.2) is 0 Å². The first-order valence-corrected chi connectivity index (χ1v) is 11.1. The van der Waals surface area contributed by atoms with Gasteiger partial charge in [0.1, 0.15) is 19.3 Å². The minimum Gasteiger partial charge on any atom is -0.494 e. The van der Waals surface area contributed by atoms with Crippen molar-refractivity contribution in [1.82, 2.24) is 0 Å². The van der Waals surface area contributed by atoms with Crippen LogP contribution in [-0.4, -0.2) is 26.4 Å². The van der Waals surface area contributed by atoms with Gasteiger partial charge in [-0.05, 0) is 55.7 Å². The van der Waals surface area contributed by atoms with Crippen molar-refractivity contribution in [3.8, 4) is 5.75 Å². The van der Waals surface area contributed by atoms with Crippen LogP contribution in [0.25, 0.3) is 5.57 Å². The van der Waals surface area contributed by atoms with E-state index in [0.717, 1.165) is 22.4 Å². The highest BCUT2D eigenvalue weighted by atomic mass is 19.4. The molecule has 3 aromatic rings. The van der Waals surface area contributed by atoms with Crippen molar-refractivity contribution in [2.24, 2.45) is 0 Å². The molecule has 1 N–H and O–H groups in total. The Morgan fingerprint density at radius 1 is 0.917 bits per heavy atom. The number of benzene rings is 3. The Hall–Kier alpha value is -3.87. The van der Waals surface area contributed by atoms with Crippen molar-refractivity contribution < 1.29 is 27.5 Å². The molecule has 3 aromatic carbocycles. The number of hydrogen-bond acceptors (Lipinski definition) is 4. The largest absolute Gasteiger partial charge is 0.494 e. The van der Waals surface area contributed by atoms with Crippen molar-refractivity contribution in [3.05, 3.63) is 102 Å². The zero-order chi connectivity index (χ0) is 27.6. The summed E-state index contributed by atoms with van der Waals surface area (Å²) in [5, 5.41) is 3.16. The molecule has 4 nitrogen and oxygen atoms in total. The molecule has 0 atom stereocenters. The molecule has 0 aromatic heterocycles. The molecule has 194 valence electrons. The maximum atomic E-state index is 12.5. The normalized spacial score (nSPS) is 9.72. The van der Waals surface area contributed by atoms with Crippen LogP contribution in [0.1, 0.15) is 36.1 Å². The number of ether oxygens (including phenoxy) is 1. The van der Waals surface area contributed by atoms with Gasteiger partial charge in [0.25, 0.3) is 0 Å². The van der Waals surface area contributed by atoms with Crippen LogP contribution < -0.4 is 10.1 Å². The van der Waals surface area contributed by atoms with Crippen LogP contribution in [0.3, 0.4) is 0 Å². The van der Waals surface area contributed by atoms with Gasteiger partial charge in [-0.2, -0.15) is 13.2 Å². The van der Waals surface area contributed by atoms with Gasteiger partial charge >= 0.3 is 6.18 Å². The van der Waals surface area contributed by atoms with E-state index in [4.69, 9.17) is 14.3 Å². The van der Waals surface area contributed by atoms with Crippen molar-refractivity contribution in [3.63, 3.8) is 0 Å². The minimum atomic E-state index is -4.20. The molecule has 36 heavy (non-hydrogen) atoms. The van der Waals surface area contributed by atoms with Crippen molar-refractivity contribution in [2.75, 3.05) is 11.9 Å². The van der Waals surface area contributed by atoms with Crippen LogP contribution in [0.2, 0.25) is 0 Å². The van der Waals surface area contributed by atoms with Crippen LogP contribution in [0.15, 0.2) is 79.4 Å². The second-order valence-electron chi connectivity index (χ2n) is 7.54. The number of alkyl halides is 3. The number of nitrogens with one attached hydrogen (secondary N) is 1. The lowest BCUT2D eigenvalue weighted by molar-refractivity contribution is -0.127. The van der Waals surface area contributed by atoms with E-state index in [-0.39, 0.29) is 5.56 Å². The van der Waals surface area contributed by atoms with Gasteiger partial charge in [-0.15, -0.1) is 0 Å². The highest BCUT2D eigenvalue weighted by Gasteiger charge is 2.27. The van der Waals surface area contributed by atoms with E-state index < -0.39 is 12.6 Å². The Kier molecular flexibility index (Phi) is 15.7. The summed E-state index contributed by atoms with van der Waals surface area (Å²) in [6.45, 7) is 14.8. The minimum absolute atomic E-state index is 0.247. The van der Waals surface area contributed by atoms with E-state index in [1.807, 2.05) is 70.7 Å². The maximum Gasteiger partial charge on any atom is 0.393 e. The summed E-state index contributed by atoms with van der Waals surface area (Å²) < 4.78 is 43.0. The third-order valence-electron chi connectivity index (χ3n) is 4.60. The van der Waals surface area contributed by atoms with Gasteiger partial charge < -0.3 is 19.6 Å². The number of carbonyl (C=O) groups is 2. The number of carbonyl (C=O) groups excluding carboxylic acids is 2. The third kappa shape index (κ3) is 13.1. The Labute approximate surface area is 211 Å². The third-order valence-corrected chi connectivity index (χ3v) is 4.60. The van der Waals surface area contributed by atoms with Crippen LogP contribution in [-0.2, 0) is 22.6 Å². The molecule has 0 unspecified atom stereocenters. The van der Waals surface area contributed by atoms with Gasteiger partial charge in [0.05, 0.1) is 13.0 Å². The monoisotopic (exact) mass is 501 g/mol. The molecule has 0 aliphatic carbocycles. The Bertz CT molecular complexity index is 1040. The average molecular weight is 502 g/mol. The Balaban J connectivity index is 0.000000783. The molecular formula is C29H34F3NO3. The first-order valence-electron chi connectivity index (χ1n) is 11.1. The molecule has 0 bridgehead atoms. The number of rotatable bonds is 7. The molecule has 7 heteroatoms. The standard InChI is InChI=1S/C18H20F3NO.C9H10.2CH2O/c1-3-23-17-9-13(2)7-8-15(17)12-22-16-6-4-5-14(10-16)11-18(19,20)21;1-8(2)9-6-4-3-5-7-9;2*1-2/h4-10,22H,3,11-12H2,1-2H3;3-7H,1H2,2H3;2*1H2. The fourth-order valence-corrected chi connectivity index (χ4v) is 3.04. The lowest BCUT2D eigenvalue weighted by atomic mass is 10.1. The highest BCUT2D eigenvalue weighted by molar-refractivity contribution is 5.60. The molecule has 0 radical (unpaired) electrons. The van der Waals surface area contributed by atoms with Gasteiger partial charge in [0.15, 0.2) is 0 Å². The van der Waals surface area contributed by atoms with E-state index in [9.17, 15) is 13.2 Å². The Morgan fingerprint density at radius 3 is 2.08 bits per heavy atom. The molecule has 0 saturated heterocycles. The van der Waals surface area contributed by atoms with Gasteiger partial charge in [0.2, 0.25) is 0 Å². The van der Waals surface area contributed by atoms with Crippen LogP contribution >= 0.6 is 0 Å². The van der Waals surface area contributed by atoms with Crippen LogP contribution in [0.4, 0.5) is 18.9 Å². The molecular weight excluding hydrogens is 467 g/mol. The number of anilines is 1. The number of aryl methyl sites for hydroxylation is 1. The fourth-order valence-electron chi connectivity index (χ4n) is 3.04. The van der Waals surface area contributed by atoms with E-state index in [0.29, 0.717) is 18.8 Å². The SMILES string of the molecule is C=C(C)c1ccccc1.C=O.C=O.CCOc1cc(C)ccc1CNc1cccc(CC(F)(F)F)c1. The fraction of sp³-hybridized carbons (Fsp3) is 0.241. The highest BCUT2D eigenvalue weighted by Crippen LogP contribution is 2.25. The summed E-state index contributed by atoms with van der Waals surface area (Å²) in [6, 6.07) is 22.5. The lowest BCUT2D eigenvalue weighted by Gasteiger charge is -2.13. The summed E-state index contributed by atoms with van der Waals surface area (Å²) in [5.41, 5.74) is 5.32. The molecule has 0 spiro atoms. The second kappa shape index (κ2) is 17.5. The molecule has 3 rings (SSSR count). The predicted molar refractivity (Wildman–Crippen MR) is 141 cm³/mol. The zero-order valence-corrected chi connectivity index (χ0v) is 21.0. The molecule has 0 fully saturated rings. The molecule has 0 heterocycles. The van der Waals surface area contributed by atoms with Crippen LogP contribution in [0.5, 0.6) is 5.75 Å². The van der Waals surface area contributed by atoms with E-state index >= 15 is 0 Å². The summed E-state index contributed by atoms with van der Waals surface area (Å²) in [6.07, 6.45) is -5.12. The summed E-state index contributed by atoms with van der Waals surface area (Å²) in [7, 11) is 0. The average Bonchev–Trinajstić information content (AvgIpc) is 2.86. The second-order valence-corrected chi connectivity index (χ2v) is 7.54.